The number of hydrogen-bond acceptors (Lipinski definition) is 4. The quantitative estimate of drug-likeness (QED) is 0.790. The second kappa shape index (κ2) is 6.51. The van der Waals surface area contributed by atoms with E-state index in [9.17, 15) is 8.42 Å². The molecule has 1 saturated carbocycles. The molecule has 1 aromatic heterocycles. The molecule has 5 nitrogen and oxygen atoms in total. The summed E-state index contributed by atoms with van der Waals surface area (Å²) >= 11 is 1.65. The molecule has 114 valence electrons. The van der Waals surface area contributed by atoms with Crippen LogP contribution in [0.1, 0.15) is 24.6 Å². The maximum absolute atomic E-state index is 12.5. The highest BCUT2D eigenvalue weighted by Gasteiger charge is 2.29. The van der Waals surface area contributed by atoms with Crippen LogP contribution in [0.15, 0.2) is 17.2 Å². The molecule has 0 saturated heterocycles. The van der Waals surface area contributed by atoms with Gasteiger partial charge in [-0.3, -0.25) is 0 Å². The van der Waals surface area contributed by atoms with Gasteiger partial charge in [0.15, 0.2) is 0 Å². The normalized spacial score (nSPS) is 16.0. The molecule has 0 bridgehead atoms. The summed E-state index contributed by atoms with van der Waals surface area (Å²) in [5.74, 6) is 0.808. The van der Waals surface area contributed by atoms with Crippen LogP contribution in [0, 0.1) is 0 Å². The fourth-order valence-electron chi connectivity index (χ4n) is 2.17. The SMILES string of the molecule is CNCc1cc(S(=O)(=O)N(C)CCSC)cn1C1CC1. The Balaban J connectivity index is 2.24. The number of aromatic nitrogens is 1. The van der Waals surface area contributed by atoms with Crippen LogP contribution in [-0.2, 0) is 16.6 Å². The molecule has 0 spiro atoms. The van der Waals surface area contributed by atoms with Gasteiger partial charge in [0.25, 0.3) is 0 Å². The fraction of sp³-hybridized carbons (Fsp3) is 0.692. The number of nitrogens with zero attached hydrogens (tertiary/aromatic N) is 2. The molecule has 7 heteroatoms. The van der Waals surface area contributed by atoms with Crippen molar-refractivity contribution in [2.24, 2.45) is 0 Å². The van der Waals surface area contributed by atoms with Crippen molar-refractivity contribution in [3.8, 4) is 0 Å². The van der Waals surface area contributed by atoms with Gasteiger partial charge >= 0.3 is 0 Å². The lowest BCUT2D eigenvalue weighted by Crippen LogP contribution is -2.28. The predicted molar refractivity (Wildman–Crippen MR) is 83.7 cm³/mol. The van der Waals surface area contributed by atoms with Gasteiger partial charge < -0.3 is 9.88 Å². The topological polar surface area (TPSA) is 54.3 Å². The van der Waals surface area contributed by atoms with Crippen LogP contribution in [0.25, 0.3) is 0 Å². The number of rotatable bonds is 8. The summed E-state index contributed by atoms with van der Waals surface area (Å²) in [6, 6.07) is 2.29. The Morgan fingerprint density at radius 2 is 2.20 bits per heavy atom. The lowest BCUT2D eigenvalue weighted by atomic mass is 10.4. The highest BCUT2D eigenvalue weighted by Crippen LogP contribution is 2.37. The molecule has 1 N–H and O–H groups in total. The zero-order valence-corrected chi connectivity index (χ0v) is 13.9. The molecular formula is C13H23N3O2S2. The molecule has 1 fully saturated rings. The van der Waals surface area contributed by atoms with Gasteiger partial charge in [0.2, 0.25) is 10.0 Å². The first kappa shape index (κ1) is 15.9. The van der Waals surface area contributed by atoms with E-state index in [1.54, 1.807) is 31.1 Å². The highest BCUT2D eigenvalue weighted by molar-refractivity contribution is 7.98. The molecule has 1 heterocycles. The van der Waals surface area contributed by atoms with Gasteiger partial charge in [-0.25, -0.2) is 12.7 Å². The third-order valence-electron chi connectivity index (χ3n) is 3.52. The van der Waals surface area contributed by atoms with Crippen molar-refractivity contribution in [3.05, 3.63) is 18.0 Å². The van der Waals surface area contributed by atoms with Crippen molar-refractivity contribution >= 4 is 21.8 Å². The largest absolute Gasteiger partial charge is 0.346 e. The first-order valence-corrected chi connectivity index (χ1v) is 9.64. The molecule has 0 atom stereocenters. The highest BCUT2D eigenvalue weighted by atomic mass is 32.2. The number of sulfonamides is 1. The van der Waals surface area contributed by atoms with Gasteiger partial charge in [-0.1, -0.05) is 0 Å². The molecular weight excluding hydrogens is 294 g/mol. The Morgan fingerprint density at radius 3 is 2.75 bits per heavy atom. The van der Waals surface area contributed by atoms with Gasteiger partial charge in [-0.15, -0.1) is 0 Å². The molecule has 0 amide bonds. The van der Waals surface area contributed by atoms with Gasteiger partial charge in [0, 0.05) is 43.8 Å². The van der Waals surface area contributed by atoms with Crippen LogP contribution in [-0.4, -0.2) is 49.9 Å². The van der Waals surface area contributed by atoms with E-state index >= 15 is 0 Å². The Labute approximate surface area is 125 Å². The minimum atomic E-state index is -3.37. The summed E-state index contributed by atoms with van der Waals surface area (Å²) in [6.07, 6.45) is 6.07. The minimum absolute atomic E-state index is 0.415. The first-order valence-electron chi connectivity index (χ1n) is 6.81. The Hall–Kier alpha value is -0.500. The van der Waals surface area contributed by atoms with Crippen molar-refractivity contribution in [2.45, 2.75) is 30.3 Å². The van der Waals surface area contributed by atoms with Crippen molar-refractivity contribution in [2.75, 3.05) is 32.6 Å². The molecule has 2 rings (SSSR count). The van der Waals surface area contributed by atoms with Crippen molar-refractivity contribution in [1.82, 2.24) is 14.2 Å². The van der Waals surface area contributed by atoms with E-state index in [1.165, 1.54) is 4.31 Å². The third-order valence-corrected chi connectivity index (χ3v) is 5.94. The van der Waals surface area contributed by atoms with Crippen LogP contribution in [0.2, 0.25) is 0 Å². The van der Waals surface area contributed by atoms with E-state index in [0.717, 1.165) is 24.3 Å². The first-order chi connectivity index (χ1) is 9.50. The smallest absolute Gasteiger partial charge is 0.244 e. The maximum atomic E-state index is 12.5. The van der Waals surface area contributed by atoms with Gasteiger partial charge in [0.1, 0.15) is 4.90 Å². The second-order valence-corrected chi connectivity index (χ2v) is 8.19. The standard InChI is InChI=1S/C13H23N3O2S2/c1-14-9-12-8-13(10-16(12)11-4-5-11)20(17,18)15(2)6-7-19-3/h8,10-11,14H,4-7,9H2,1-3H3. The number of nitrogens with one attached hydrogen (secondary N) is 1. The Morgan fingerprint density at radius 1 is 1.50 bits per heavy atom. The minimum Gasteiger partial charge on any atom is -0.346 e. The Kier molecular flexibility index (Phi) is 5.17. The second-order valence-electron chi connectivity index (χ2n) is 5.16. The summed E-state index contributed by atoms with van der Waals surface area (Å²) in [5.41, 5.74) is 1.05. The van der Waals surface area contributed by atoms with Crippen molar-refractivity contribution in [3.63, 3.8) is 0 Å². The lowest BCUT2D eigenvalue weighted by Gasteiger charge is -2.15. The van der Waals surface area contributed by atoms with Crippen LogP contribution in [0.5, 0.6) is 0 Å². The van der Waals surface area contributed by atoms with Crippen molar-refractivity contribution < 1.29 is 8.42 Å². The summed E-state index contributed by atoms with van der Waals surface area (Å²) in [4.78, 5) is 0.415. The molecule has 0 aliphatic heterocycles. The van der Waals surface area contributed by atoms with E-state index in [-0.39, 0.29) is 0 Å². The fourth-order valence-corrected chi connectivity index (χ4v) is 3.97. The summed E-state index contributed by atoms with van der Waals surface area (Å²) < 4.78 is 28.6. The molecule has 20 heavy (non-hydrogen) atoms. The van der Waals surface area contributed by atoms with Gasteiger partial charge in [-0.2, -0.15) is 11.8 Å². The van der Waals surface area contributed by atoms with E-state index in [4.69, 9.17) is 0 Å². The zero-order chi connectivity index (χ0) is 14.8. The summed E-state index contributed by atoms with van der Waals surface area (Å²) in [7, 11) is 0.163. The average molecular weight is 317 g/mol. The predicted octanol–water partition coefficient (Wildman–Crippen LogP) is 1.53. The maximum Gasteiger partial charge on any atom is 0.244 e. The number of thioether (sulfide) groups is 1. The third kappa shape index (κ3) is 3.39. The molecule has 0 radical (unpaired) electrons. The van der Waals surface area contributed by atoms with Gasteiger partial charge in [-0.05, 0) is 32.2 Å². The van der Waals surface area contributed by atoms with E-state index in [2.05, 4.69) is 9.88 Å². The van der Waals surface area contributed by atoms with E-state index < -0.39 is 10.0 Å². The van der Waals surface area contributed by atoms with Gasteiger partial charge in [0.05, 0.1) is 0 Å². The molecule has 1 aliphatic carbocycles. The van der Waals surface area contributed by atoms with Crippen LogP contribution >= 0.6 is 11.8 Å². The Bertz CT molecular complexity index is 550. The molecule has 0 unspecified atom stereocenters. The number of hydrogen-bond donors (Lipinski definition) is 1. The average Bonchev–Trinajstić information content (AvgIpc) is 3.17. The molecule has 1 aromatic rings. The summed E-state index contributed by atoms with van der Waals surface area (Å²) in [5, 5.41) is 3.10. The van der Waals surface area contributed by atoms with E-state index in [1.807, 2.05) is 13.3 Å². The van der Waals surface area contributed by atoms with E-state index in [0.29, 0.717) is 24.0 Å². The molecule has 0 aromatic carbocycles. The monoisotopic (exact) mass is 317 g/mol. The lowest BCUT2D eigenvalue weighted by molar-refractivity contribution is 0.488. The van der Waals surface area contributed by atoms with Crippen LogP contribution in [0.3, 0.4) is 0 Å². The molecule has 1 aliphatic rings. The van der Waals surface area contributed by atoms with Crippen LogP contribution in [0.4, 0.5) is 0 Å². The summed E-state index contributed by atoms with van der Waals surface area (Å²) in [6.45, 7) is 1.24. The zero-order valence-electron chi connectivity index (χ0n) is 12.3. The van der Waals surface area contributed by atoms with Crippen LogP contribution < -0.4 is 5.32 Å². The van der Waals surface area contributed by atoms with Crippen molar-refractivity contribution in [1.29, 1.82) is 0 Å².